The van der Waals surface area contributed by atoms with Gasteiger partial charge in [0.1, 0.15) is 0 Å². The molecule has 0 bridgehead atoms. The second-order valence-corrected chi connectivity index (χ2v) is 5.03. The summed E-state index contributed by atoms with van der Waals surface area (Å²) in [7, 11) is 0. The number of pyridine rings is 1. The normalized spacial score (nSPS) is 10.9. The SMILES string of the molecule is Nc1ccccc1CCOCc1ccc2ncccc2c1. The van der Waals surface area contributed by atoms with Crippen LogP contribution in [0.5, 0.6) is 0 Å². The smallest absolute Gasteiger partial charge is 0.0717 e. The van der Waals surface area contributed by atoms with Gasteiger partial charge in [0, 0.05) is 17.3 Å². The van der Waals surface area contributed by atoms with Crippen LogP contribution in [0.25, 0.3) is 10.9 Å². The van der Waals surface area contributed by atoms with Crippen LogP contribution in [0.2, 0.25) is 0 Å². The molecule has 106 valence electrons. The van der Waals surface area contributed by atoms with E-state index in [2.05, 4.69) is 23.2 Å². The fourth-order valence-corrected chi connectivity index (χ4v) is 2.35. The molecule has 0 spiro atoms. The lowest BCUT2D eigenvalue weighted by Crippen LogP contribution is -2.01. The molecule has 0 radical (unpaired) electrons. The Balaban J connectivity index is 1.56. The van der Waals surface area contributed by atoms with Crippen molar-refractivity contribution in [2.75, 3.05) is 12.3 Å². The molecule has 0 saturated heterocycles. The van der Waals surface area contributed by atoms with Crippen LogP contribution in [-0.4, -0.2) is 11.6 Å². The van der Waals surface area contributed by atoms with Crippen molar-refractivity contribution in [1.29, 1.82) is 0 Å². The first-order valence-corrected chi connectivity index (χ1v) is 7.08. The van der Waals surface area contributed by atoms with Crippen LogP contribution in [-0.2, 0) is 17.8 Å². The van der Waals surface area contributed by atoms with Crippen molar-refractivity contribution >= 4 is 16.6 Å². The minimum absolute atomic E-state index is 0.609. The first-order valence-electron chi connectivity index (χ1n) is 7.08. The molecule has 0 aliphatic heterocycles. The van der Waals surface area contributed by atoms with Crippen molar-refractivity contribution < 1.29 is 4.74 Å². The largest absolute Gasteiger partial charge is 0.399 e. The Kier molecular flexibility index (Phi) is 4.12. The number of fused-ring (bicyclic) bond motifs is 1. The van der Waals surface area contributed by atoms with E-state index in [-0.39, 0.29) is 0 Å². The maximum atomic E-state index is 5.91. The molecule has 2 aromatic carbocycles. The Morgan fingerprint density at radius 2 is 1.90 bits per heavy atom. The van der Waals surface area contributed by atoms with Gasteiger partial charge in [-0.2, -0.15) is 0 Å². The third kappa shape index (κ3) is 3.38. The molecule has 0 unspecified atom stereocenters. The third-order valence-electron chi connectivity index (χ3n) is 3.51. The summed E-state index contributed by atoms with van der Waals surface area (Å²) in [5.74, 6) is 0. The Bertz CT molecular complexity index is 740. The maximum Gasteiger partial charge on any atom is 0.0717 e. The predicted molar refractivity (Wildman–Crippen MR) is 86.0 cm³/mol. The number of aromatic nitrogens is 1. The Morgan fingerprint density at radius 1 is 1.00 bits per heavy atom. The minimum Gasteiger partial charge on any atom is -0.399 e. The Labute approximate surface area is 124 Å². The summed E-state index contributed by atoms with van der Waals surface area (Å²) >= 11 is 0. The molecule has 0 fully saturated rings. The van der Waals surface area contributed by atoms with E-state index in [9.17, 15) is 0 Å². The van der Waals surface area contributed by atoms with Gasteiger partial charge in [-0.15, -0.1) is 0 Å². The van der Waals surface area contributed by atoms with Crippen LogP contribution >= 0.6 is 0 Å². The minimum atomic E-state index is 0.609. The van der Waals surface area contributed by atoms with Crippen LogP contribution in [0.1, 0.15) is 11.1 Å². The summed E-state index contributed by atoms with van der Waals surface area (Å²) in [6, 6.07) is 18.1. The Hall–Kier alpha value is -2.39. The first kappa shape index (κ1) is 13.6. The molecule has 0 atom stereocenters. The number of nitrogens with two attached hydrogens (primary N) is 1. The molecular weight excluding hydrogens is 260 g/mol. The van der Waals surface area contributed by atoms with E-state index in [0.717, 1.165) is 34.1 Å². The number of hydrogen-bond acceptors (Lipinski definition) is 3. The molecule has 0 aliphatic carbocycles. The number of hydrogen-bond donors (Lipinski definition) is 1. The number of para-hydroxylation sites is 1. The standard InChI is InChI=1S/C18H18N2O/c19-17-6-2-1-4-15(17)9-11-21-13-14-7-8-18-16(12-14)5-3-10-20-18/h1-8,10,12H,9,11,13,19H2. The second-order valence-electron chi connectivity index (χ2n) is 5.03. The second kappa shape index (κ2) is 6.37. The maximum absolute atomic E-state index is 5.91. The van der Waals surface area contributed by atoms with E-state index in [1.165, 1.54) is 0 Å². The summed E-state index contributed by atoms with van der Waals surface area (Å²) < 4.78 is 5.75. The predicted octanol–water partition coefficient (Wildman–Crippen LogP) is 3.58. The zero-order valence-electron chi connectivity index (χ0n) is 11.8. The lowest BCUT2D eigenvalue weighted by atomic mass is 10.1. The Morgan fingerprint density at radius 3 is 2.81 bits per heavy atom. The quantitative estimate of drug-likeness (QED) is 0.573. The third-order valence-corrected chi connectivity index (χ3v) is 3.51. The molecule has 1 aromatic heterocycles. The summed E-state index contributed by atoms with van der Waals surface area (Å²) in [4.78, 5) is 4.31. The van der Waals surface area contributed by atoms with Crippen LogP contribution in [0, 0.1) is 0 Å². The first-order chi connectivity index (χ1) is 10.3. The van der Waals surface area contributed by atoms with Crippen molar-refractivity contribution in [3.63, 3.8) is 0 Å². The van der Waals surface area contributed by atoms with E-state index in [1.807, 2.05) is 42.6 Å². The highest BCUT2D eigenvalue weighted by molar-refractivity contribution is 5.78. The average Bonchev–Trinajstić information content (AvgIpc) is 2.53. The van der Waals surface area contributed by atoms with E-state index < -0.39 is 0 Å². The molecule has 0 saturated carbocycles. The molecule has 3 nitrogen and oxygen atoms in total. The topological polar surface area (TPSA) is 48.1 Å². The summed E-state index contributed by atoms with van der Waals surface area (Å²) in [5.41, 5.74) is 10.1. The molecule has 21 heavy (non-hydrogen) atoms. The van der Waals surface area contributed by atoms with Crippen molar-refractivity contribution in [3.8, 4) is 0 Å². The molecule has 3 heteroatoms. The zero-order valence-corrected chi connectivity index (χ0v) is 11.8. The average molecular weight is 278 g/mol. The number of anilines is 1. The van der Waals surface area contributed by atoms with Gasteiger partial charge < -0.3 is 10.5 Å². The molecule has 3 aromatic rings. The number of ether oxygens (including phenoxy) is 1. The van der Waals surface area contributed by atoms with Crippen molar-refractivity contribution in [2.45, 2.75) is 13.0 Å². The number of nitrogen functional groups attached to an aromatic ring is 1. The molecule has 2 N–H and O–H groups in total. The van der Waals surface area contributed by atoms with Gasteiger partial charge in [0.25, 0.3) is 0 Å². The summed E-state index contributed by atoms with van der Waals surface area (Å²) in [6.07, 6.45) is 2.64. The van der Waals surface area contributed by atoms with Gasteiger partial charge in [0.05, 0.1) is 18.7 Å². The molecule has 0 aliphatic rings. The monoisotopic (exact) mass is 278 g/mol. The fourth-order valence-electron chi connectivity index (χ4n) is 2.35. The highest BCUT2D eigenvalue weighted by atomic mass is 16.5. The molecule has 3 rings (SSSR count). The lowest BCUT2D eigenvalue weighted by molar-refractivity contribution is 0.124. The highest BCUT2D eigenvalue weighted by Gasteiger charge is 2.00. The zero-order chi connectivity index (χ0) is 14.5. The molecule has 0 amide bonds. The van der Waals surface area contributed by atoms with E-state index in [1.54, 1.807) is 0 Å². The van der Waals surface area contributed by atoms with Gasteiger partial charge in [-0.1, -0.05) is 30.3 Å². The number of nitrogens with zero attached hydrogens (tertiary/aromatic N) is 1. The van der Waals surface area contributed by atoms with Crippen LogP contribution in [0.4, 0.5) is 5.69 Å². The van der Waals surface area contributed by atoms with Gasteiger partial charge in [-0.05, 0) is 41.8 Å². The summed E-state index contributed by atoms with van der Waals surface area (Å²) in [6.45, 7) is 1.27. The van der Waals surface area contributed by atoms with Gasteiger partial charge >= 0.3 is 0 Å². The van der Waals surface area contributed by atoms with Gasteiger partial charge in [0.2, 0.25) is 0 Å². The lowest BCUT2D eigenvalue weighted by Gasteiger charge is -2.07. The summed E-state index contributed by atoms with van der Waals surface area (Å²) in [5, 5.41) is 1.14. The van der Waals surface area contributed by atoms with Crippen molar-refractivity contribution in [2.24, 2.45) is 0 Å². The van der Waals surface area contributed by atoms with Crippen molar-refractivity contribution in [1.82, 2.24) is 4.98 Å². The van der Waals surface area contributed by atoms with E-state index in [0.29, 0.717) is 13.2 Å². The number of benzene rings is 2. The van der Waals surface area contributed by atoms with Gasteiger partial charge in [-0.3, -0.25) is 4.98 Å². The van der Waals surface area contributed by atoms with Crippen LogP contribution in [0.3, 0.4) is 0 Å². The van der Waals surface area contributed by atoms with Gasteiger partial charge in [0.15, 0.2) is 0 Å². The fraction of sp³-hybridized carbons (Fsp3) is 0.167. The van der Waals surface area contributed by atoms with E-state index >= 15 is 0 Å². The number of rotatable bonds is 5. The van der Waals surface area contributed by atoms with E-state index in [4.69, 9.17) is 10.5 Å². The molecule has 1 heterocycles. The molecular formula is C18H18N2O. The highest BCUT2D eigenvalue weighted by Crippen LogP contribution is 2.15. The van der Waals surface area contributed by atoms with Gasteiger partial charge in [-0.25, -0.2) is 0 Å². The van der Waals surface area contributed by atoms with Crippen LogP contribution < -0.4 is 5.73 Å². The van der Waals surface area contributed by atoms with Crippen LogP contribution in [0.15, 0.2) is 60.8 Å². The van der Waals surface area contributed by atoms with Crippen molar-refractivity contribution in [3.05, 3.63) is 71.9 Å².